The molecule has 2 aromatic heterocycles. The van der Waals surface area contributed by atoms with Gasteiger partial charge in [-0.05, 0) is 43.5 Å². The molecule has 31 heavy (non-hydrogen) atoms. The van der Waals surface area contributed by atoms with E-state index >= 15 is 0 Å². The van der Waals surface area contributed by atoms with Crippen LogP contribution in [0.4, 0.5) is 0 Å². The van der Waals surface area contributed by atoms with Gasteiger partial charge in [-0.15, -0.1) is 0 Å². The Morgan fingerprint density at radius 3 is 2.77 bits per heavy atom. The van der Waals surface area contributed by atoms with Crippen LogP contribution in [0.25, 0.3) is 21.9 Å². The van der Waals surface area contributed by atoms with Gasteiger partial charge in [0, 0.05) is 37.1 Å². The van der Waals surface area contributed by atoms with E-state index in [1.54, 1.807) is 22.6 Å². The lowest BCUT2D eigenvalue weighted by molar-refractivity contribution is 0.305. The molecule has 0 N–H and O–H groups in total. The van der Waals surface area contributed by atoms with Crippen LogP contribution in [0.2, 0.25) is 0 Å². The molecule has 0 amide bonds. The van der Waals surface area contributed by atoms with Gasteiger partial charge in [0.25, 0.3) is 0 Å². The van der Waals surface area contributed by atoms with Gasteiger partial charge in [-0.3, -0.25) is 4.98 Å². The molecule has 0 saturated carbocycles. The monoisotopic (exact) mass is 434 g/mol. The Labute approximate surface area is 182 Å². The maximum absolute atomic E-state index is 13.6. The second kappa shape index (κ2) is 8.05. The van der Waals surface area contributed by atoms with Gasteiger partial charge in [0.2, 0.25) is 10.0 Å². The molecule has 1 aliphatic heterocycles. The summed E-state index contributed by atoms with van der Waals surface area (Å²) in [6.07, 6.45) is 4.40. The summed E-state index contributed by atoms with van der Waals surface area (Å²) < 4.78 is 31.1. The zero-order valence-corrected chi connectivity index (χ0v) is 18.4. The third kappa shape index (κ3) is 3.51. The average Bonchev–Trinajstić information content (AvgIpc) is 3.17. The summed E-state index contributed by atoms with van der Waals surface area (Å²) in [6.45, 7) is 4.00. The molecule has 1 fully saturated rings. The summed E-state index contributed by atoms with van der Waals surface area (Å²) in [5, 5.41) is 0.835. The second-order valence-electron chi connectivity index (χ2n) is 8.14. The zero-order chi connectivity index (χ0) is 21.4. The third-order valence-electron chi connectivity index (χ3n) is 6.09. The summed E-state index contributed by atoms with van der Waals surface area (Å²) in [6, 6.07) is 17.2. The number of rotatable bonds is 5. The molecule has 1 unspecified atom stereocenters. The van der Waals surface area contributed by atoms with Gasteiger partial charge in [0.1, 0.15) is 10.7 Å². The highest BCUT2D eigenvalue weighted by molar-refractivity contribution is 7.89. The second-order valence-corrected chi connectivity index (χ2v) is 10.1. The number of benzene rings is 2. The van der Waals surface area contributed by atoms with Crippen LogP contribution in [0.15, 0.2) is 65.7 Å². The van der Waals surface area contributed by atoms with Crippen molar-refractivity contribution in [2.75, 3.05) is 13.1 Å². The van der Waals surface area contributed by atoms with Crippen molar-refractivity contribution in [2.24, 2.45) is 0 Å². The number of fused-ring (bicyclic) bond motifs is 2. The summed E-state index contributed by atoms with van der Waals surface area (Å²) in [5.74, 6) is 1.07. The molecular formula is C24H26N4O2S. The van der Waals surface area contributed by atoms with Gasteiger partial charge >= 0.3 is 0 Å². The van der Waals surface area contributed by atoms with Crippen molar-refractivity contribution in [2.45, 2.75) is 43.5 Å². The number of piperidine rings is 1. The van der Waals surface area contributed by atoms with Crippen molar-refractivity contribution >= 4 is 32.0 Å². The van der Waals surface area contributed by atoms with Crippen LogP contribution in [0.3, 0.4) is 0 Å². The highest BCUT2D eigenvalue weighted by Gasteiger charge is 2.34. The molecule has 4 aromatic rings. The van der Waals surface area contributed by atoms with E-state index in [0.717, 1.165) is 48.1 Å². The van der Waals surface area contributed by atoms with Gasteiger partial charge in [0.15, 0.2) is 0 Å². The Morgan fingerprint density at radius 1 is 1.06 bits per heavy atom. The van der Waals surface area contributed by atoms with Crippen molar-refractivity contribution in [3.05, 3.63) is 66.6 Å². The number of para-hydroxylation sites is 3. The first-order valence-corrected chi connectivity index (χ1v) is 12.3. The molecule has 5 rings (SSSR count). The Hall–Kier alpha value is -2.77. The van der Waals surface area contributed by atoms with Crippen LogP contribution >= 0.6 is 0 Å². The van der Waals surface area contributed by atoms with Crippen LogP contribution in [0, 0.1) is 0 Å². The summed E-state index contributed by atoms with van der Waals surface area (Å²) in [4.78, 5) is 9.57. The van der Waals surface area contributed by atoms with E-state index in [2.05, 4.69) is 22.5 Å². The van der Waals surface area contributed by atoms with E-state index in [9.17, 15) is 8.42 Å². The van der Waals surface area contributed by atoms with E-state index in [-0.39, 0.29) is 10.8 Å². The number of imidazole rings is 1. The molecule has 0 aliphatic carbocycles. The topological polar surface area (TPSA) is 68.1 Å². The summed E-state index contributed by atoms with van der Waals surface area (Å²) in [5.41, 5.74) is 2.63. The van der Waals surface area contributed by atoms with Crippen LogP contribution in [0.5, 0.6) is 0 Å². The van der Waals surface area contributed by atoms with E-state index < -0.39 is 10.0 Å². The minimum Gasteiger partial charge on any atom is -0.328 e. The van der Waals surface area contributed by atoms with Crippen molar-refractivity contribution in [3.8, 4) is 0 Å². The molecule has 7 heteroatoms. The SMILES string of the molecule is CCCn1c(C2CCCN(S(=O)(=O)c3cccc4cccnc34)C2)nc2ccccc21. The van der Waals surface area contributed by atoms with Gasteiger partial charge < -0.3 is 4.57 Å². The van der Waals surface area contributed by atoms with Crippen molar-refractivity contribution < 1.29 is 8.42 Å². The van der Waals surface area contributed by atoms with Crippen LogP contribution in [-0.2, 0) is 16.6 Å². The van der Waals surface area contributed by atoms with Gasteiger partial charge in [0.05, 0.1) is 16.6 Å². The maximum atomic E-state index is 13.6. The van der Waals surface area contributed by atoms with E-state index in [1.165, 1.54) is 0 Å². The molecule has 0 bridgehead atoms. The zero-order valence-electron chi connectivity index (χ0n) is 17.6. The molecule has 160 valence electrons. The molecule has 6 nitrogen and oxygen atoms in total. The number of hydrogen-bond acceptors (Lipinski definition) is 4. The molecule has 1 aliphatic rings. The molecule has 0 radical (unpaired) electrons. The van der Waals surface area contributed by atoms with Crippen LogP contribution < -0.4 is 0 Å². The summed E-state index contributed by atoms with van der Waals surface area (Å²) >= 11 is 0. The minimum atomic E-state index is -3.65. The maximum Gasteiger partial charge on any atom is 0.245 e. The average molecular weight is 435 g/mol. The summed E-state index contributed by atoms with van der Waals surface area (Å²) in [7, 11) is -3.65. The largest absolute Gasteiger partial charge is 0.328 e. The first-order valence-electron chi connectivity index (χ1n) is 10.9. The Kier molecular flexibility index (Phi) is 5.24. The predicted molar refractivity (Wildman–Crippen MR) is 123 cm³/mol. The standard InChI is InChI=1S/C24H26N4O2S/c1-2-15-28-21-12-4-3-11-20(21)26-24(28)19-10-7-16-27(17-19)31(29,30)22-13-5-8-18-9-6-14-25-23(18)22/h3-6,8-9,11-14,19H,2,7,10,15-17H2,1H3. The predicted octanol–water partition coefficient (Wildman–Crippen LogP) is 4.56. The normalized spacial score (nSPS) is 18.0. The molecular weight excluding hydrogens is 408 g/mol. The van der Waals surface area contributed by atoms with Gasteiger partial charge in [-0.25, -0.2) is 13.4 Å². The highest BCUT2D eigenvalue weighted by atomic mass is 32.2. The van der Waals surface area contributed by atoms with Crippen molar-refractivity contribution in [3.63, 3.8) is 0 Å². The molecule has 1 saturated heterocycles. The lowest BCUT2D eigenvalue weighted by Gasteiger charge is -2.32. The lowest BCUT2D eigenvalue weighted by atomic mass is 9.99. The minimum absolute atomic E-state index is 0.0745. The van der Waals surface area contributed by atoms with E-state index in [4.69, 9.17) is 4.98 Å². The highest BCUT2D eigenvalue weighted by Crippen LogP contribution is 2.33. The Bertz CT molecular complexity index is 1340. The number of hydrogen-bond donors (Lipinski definition) is 0. The van der Waals surface area contributed by atoms with Crippen LogP contribution in [-0.4, -0.2) is 40.3 Å². The Morgan fingerprint density at radius 2 is 1.90 bits per heavy atom. The van der Waals surface area contributed by atoms with Gasteiger partial charge in [-0.2, -0.15) is 4.31 Å². The number of sulfonamides is 1. The molecule has 3 heterocycles. The quantitative estimate of drug-likeness (QED) is 0.462. The van der Waals surface area contributed by atoms with Gasteiger partial charge in [-0.1, -0.05) is 37.3 Å². The molecule has 0 spiro atoms. The number of nitrogens with zero attached hydrogens (tertiary/aromatic N) is 4. The number of aromatic nitrogens is 3. The van der Waals surface area contributed by atoms with Crippen molar-refractivity contribution in [1.82, 2.24) is 18.8 Å². The first kappa shape index (κ1) is 20.2. The lowest BCUT2D eigenvalue weighted by Crippen LogP contribution is -2.39. The fourth-order valence-electron chi connectivity index (χ4n) is 4.66. The third-order valence-corrected chi connectivity index (χ3v) is 7.99. The fourth-order valence-corrected chi connectivity index (χ4v) is 6.35. The number of aryl methyl sites for hydroxylation is 1. The molecule has 1 atom stereocenters. The first-order chi connectivity index (χ1) is 15.1. The fraction of sp³-hybridized carbons (Fsp3) is 0.333. The number of pyridine rings is 1. The molecule has 2 aromatic carbocycles. The van der Waals surface area contributed by atoms with Crippen LogP contribution in [0.1, 0.15) is 37.9 Å². The Balaban J connectivity index is 1.52. The van der Waals surface area contributed by atoms with Crippen molar-refractivity contribution in [1.29, 1.82) is 0 Å². The smallest absolute Gasteiger partial charge is 0.245 e. The van der Waals surface area contributed by atoms with E-state index in [1.807, 2.05) is 36.4 Å². The van der Waals surface area contributed by atoms with E-state index in [0.29, 0.717) is 18.6 Å².